The fourth-order valence-corrected chi connectivity index (χ4v) is 4.58. The largest absolute Gasteiger partial charge is 0.573 e. The number of nitrogens with zero attached hydrogens (tertiary/aromatic N) is 3. The van der Waals surface area contributed by atoms with Crippen LogP contribution in [0.4, 0.5) is 23.7 Å². The number of alkyl halides is 3. The summed E-state index contributed by atoms with van der Waals surface area (Å²) >= 11 is 3.36. The summed E-state index contributed by atoms with van der Waals surface area (Å²) in [7, 11) is 0. The first-order chi connectivity index (χ1) is 17.7. The number of fused-ring (bicyclic) bond motifs is 1. The van der Waals surface area contributed by atoms with Crippen molar-refractivity contribution in [1.29, 1.82) is 0 Å². The average molecular weight is 600 g/mol. The van der Waals surface area contributed by atoms with Gasteiger partial charge in [-0.2, -0.15) is 0 Å². The van der Waals surface area contributed by atoms with E-state index >= 15 is 0 Å². The number of carbonyl (C=O) groups is 2. The van der Waals surface area contributed by atoms with Crippen molar-refractivity contribution in [2.45, 2.75) is 51.6 Å². The number of imidazole rings is 1. The summed E-state index contributed by atoms with van der Waals surface area (Å²) in [5.74, 6) is -1.10. The van der Waals surface area contributed by atoms with Gasteiger partial charge in [0, 0.05) is 35.9 Å². The highest BCUT2D eigenvalue weighted by atomic mass is 79.9. The average Bonchev–Trinajstić information content (AvgIpc) is 3.11. The molecule has 1 saturated heterocycles. The number of nitrogens with one attached hydrogen (secondary N) is 2. The van der Waals surface area contributed by atoms with Gasteiger partial charge in [0.25, 0.3) is 5.91 Å². The van der Waals surface area contributed by atoms with Crippen LogP contribution in [-0.2, 0) is 4.74 Å². The molecule has 0 unspecified atom stereocenters. The minimum Gasteiger partial charge on any atom is -0.444 e. The van der Waals surface area contributed by atoms with Gasteiger partial charge >= 0.3 is 18.1 Å². The molecule has 0 bridgehead atoms. The van der Waals surface area contributed by atoms with Gasteiger partial charge in [-0.25, -0.2) is 14.6 Å². The van der Waals surface area contributed by atoms with Gasteiger partial charge in [0.15, 0.2) is 5.65 Å². The maximum atomic E-state index is 13.4. The molecule has 2 N–H and O–H groups in total. The summed E-state index contributed by atoms with van der Waals surface area (Å²) in [4.78, 5) is 46.8. The Bertz CT molecular complexity index is 1420. The zero-order valence-electron chi connectivity index (χ0n) is 20.7. The third-order valence-corrected chi connectivity index (χ3v) is 6.18. The molecule has 1 aromatic carbocycles. The van der Waals surface area contributed by atoms with Crippen LogP contribution in [0.5, 0.6) is 5.75 Å². The lowest BCUT2D eigenvalue weighted by atomic mass is 10.0. The van der Waals surface area contributed by atoms with Crippen LogP contribution in [-0.4, -0.2) is 56.5 Å². The van der Waals surface area contributed by atoms with E-state index in [2.05, 4.69) is 36.0 Å². The topological polar surface area (TPSA) is 119 Å². The van der Waals surface area contributed by atoms with Gasteiger partial charge in [0.1, 0.15) is 11.4 Å². The third-order valence-electron chi connectivity index (χ3n) is 5.75. The molecule has 0 radical (unpaired) electrons. The SMILES string of the molecule is CC(C)(C)OC(=O)Nc1cc(OC(F)(F)F)ccc1C(=O)N1CCC(n2c(=O)[nH]c3ncc(Br)cc32)CC1. The number of aromatic amines is 1. The fourth-order valence-electron chi connectivity index (χ4n) is 4.26. The van der Waals surface area contributed by atoms with Crippen molar-refractivity contribution in [1.82, 2.24) is 19.4 Å². The number of aromatic nitrogens is 3. The van der Waals surface area contributed by atoms with E-state index in [0.29, 0.717) is 28.5 Å². The number of halogens is 4. The molecular weight excluding hydrogens is 575 g/mol. The smallest absolute Gasteiger partial charge is 0.444 e. The van der Waals surface area contributed by atoms with Gasteiger partial charge < -0.3 is 14.4 Å². The van der Waals surface area contributed by atoms with Crippen LogP contribution in [0.15, 0.2) is 39.7 Å². The summed E-state index contributed by atoms with van der Waals surface area (Å²) in [5, 5.41) is 2.36. The Morgan fingerprint density at radius 2 is 1.84 bits per heavy atom. The minimum atomic E-state index is -4.96. The van der Waals surface area contributed by atoms with Gasteiger partial charge in [-0.1, -0.05) is 0 Å². The molecule has 38 heavy (non-hydrogen) atoms. The van der Waals surface area contributed by atoms with E-state index in [0.717, 1.165) is 18.2 Å². The molecule has 1 aliphatic heterocycles. The van der Waals surface area contributed by atoms with Gasteiger partial charge in [0.2, 0.25) is 0 Å². The summed E-state index contributed by atoms with van der Waals surface area (Å²) in [6, 6.07) is 4.68. The highest BCUT2D eigenvalue weighted by molar-refractivity contribution is 9.10. The molecule has 4 rings (SSSR count). The van der Waals surface area contributed by atoms with E-state index in [4.69, 9.17) is 4.74 Å². The molecule has 2 amide bonds. The number of rotatable bonds is 4. The number of hydrogen-bond donors (Lipinski definition) is 2. The number of H-pyrrole nitrogens is 1. The number of benzene rings is 1. The summed E-state index contributed by atoms with van der Waals surface area (Å²) in [6.07, 6.45) is -3.40. The molecular formula is C24H25BrF3N5O5. The Kier molecular flexibility index (Phi) is 7.46. The van der Waals surface area contributed by atoms with E-state index in [1.54, 1.807) is 37.6 Å². The maximum Gasteiger partial charge on any atom is 0.573 e. The first kappa shape index (κ1) is 27.5. The predicted octanol–water partition coefficient (Wildman–Crippen LogP) is 5.21. The van der Waals surface area contributed by atoms with Gasteiger partial charge in [-0.3, -0.25) is 19.7 Å². The lowest BCUT2D eigenvalue weighted by Gasteiger charge is -2.33. The number of amides is 2. The second-order valence-corrected chi connectivity index (χ2v) is 10.6. The maximum absolute atomic E-state index is 13.4. The van der Waals surface area contributed by atoms with Crippen molar-refractivity contribution < 1.29 is 32.2 Å². The highest BCUT2D eigenvalue weighted by Crippen LogP contribution is 2.31. The quantitative estimate of drug-likeness (QED) is 0.425. The lowest BCUT2D eigenvalue weighted by molar-refractivity contribution is -0.274. The summed E-state index contributed by atoms with van der Waals surface area (Å²) in [5.41, 5.74) is -0.298. The number of ether oxygens (including phenoxy) is 2. The molecule has 3 aromatic rings. The molecule has 0 aliphatic carbocycles. The predicted molar refractivity (Wildman–Crippen MR) is 135 cm³/mol. The fraction of sp³-hybridized carbons (Fsp3) is 0.417. The van der Waals surface area contributed by atoms with Crippen molar-refractivity contribution in [2.75, 3.05) is 18.4 Å². The van der Waals surface area contributed by atoms with Crippen LogP contribution in [0.1, 0.15) is 50.0 Å². The van der Waals surface area contributed by atoms with E-state index in [9.17, 15) is 27.6 Å². The van der Waals surface area contributed by atoms with E-state index < -0.39 is 29.7 Å². The van der Waals surface area contributed by atoms with Gasteiger partial charge in [-0.05, 0) is 67.7 Å². The monoisotopic (exact) mass is 599 g/mol. The number of piperidine rings is 1. The number of pyridine rings is 1. The second kappa shape index (κ2) is 10.3. The molecule has 2 aromatic heterocycles. The van der Waals surface area contributed by atoms with Crippen LogP contribution in [0, 0.1) is 0 Å². The van der Waals surface area contributed by atoms with E-state index in [1.807, 2.05) is 0 Å². The number of likely N-dealkylation sites (tertiary alicyclic amines) is 1. The molecule has 1 fully saturated rings. The number of anilines is 1. The van der Waals surface area contributed by atoms with Crippen molar-refractivity contribution in [3.8, 4) is 5.75 Å². The van der Waals surface area contributed by atoms with Crippen molar-refractivity contribution >= 4 is 44.8 Å². The molecule has 1 aliphatic rings. The molecule has 3 heterocycles. The Labute approximate surface area is 223 Å². The summed E-state index contributed by atoms with van der Waals surface area (Å²) in [6.45, 7) is 5.42. The number of carbonyl (C=O) groups excluding carboxylic acids is 2. The molecule has 10 nitrogen and oxygen atoms in total. The van der Waals surface area contributed by atoms with Crippen LogP contribution in [0.3, 0.4) is 0 Å². The van der Waals surface area contributed by atoms with Gasteiger partial charge in [0.05, 0.1) is 16.8 Å². The zero-order valence-corrected chi connectivity index (χ0v) is 22.3. The Morgan fingerprint density at radius 1 is 1.16 bits per heavy atom. The van der Waals surface area contributed by atoms with Crippen molar-refractivity contribution in [2.24, 2.45) is 0 Å². The van der Waals surface area contributed by atoms with Crippen molar-refractivity contribution in [3.05, 3.63) is 51.0 Å². The Hall–Kier alpha value is -3.55. The lowest BCUT2D eigenvalue weighted by Crippen LogP contribution is -2.40. The van der Waals surface area contributed by atoms with E-state index in [-0.39, 0.29) is 36.1 Å². The first-order valence-electron chi connectivity index (χ1n) is 11.6. The number of hydrogen-bond acceptors (Lipinski definition) is 6. The van der Waals surface area contributed by atoms with Crippen LogP contribution in [0.2, 0.25) is 0 Å². The second-order valence-electron chi connectivity index (χ2n) is 9.73. The van der Waals surface area contributed by atoms with Crippen LogP contribution >= 0.6 is 15.9 Å². The summed E-state index contributed by atoms with van der Waals surface area (Å²) < 4.78 is 49.8. The van der Waals surface area contributed by atoms with Crippen LogP contribution < -0.4 is 15.7 Å². The third kappa shape index (κ3) is 6.47. The highest BCUT2D eigenvalue weighted by Gasteiger charge is 2.33. The first-order valence-corrected chi connectivity index (χ1v) is 12.4. The Morgan fingerprint density at radius 3 is 2.47 bits per heavy atom. The Balaban J connectivity index is 1.54. The molecule has 0 saturated carbocycles. The van der Waals surface area contributed by atoms with Gasteiger partial charge in [-0.15, -0.1) is 13.2 Å². The molecule has 0 atom stereocenters. The van der Waals surface area contributed by atoms with Crippen molar-refractivity contribution in [3.63, 3.8) is 0 Å². The van der Waals surface area contributed by atoms with Crippen LogP contribution in [0.25, 0.3) is 11.2 Å². The molecule has 0 spiro atoms. The molecule has 14 heteroatoms. The minimum absolute atomic E-state index is 0.0266. The van der Waals surface area contributed by atoms with E-state index in [1.165, 1.54) is 4.90 Å². The zero-order chi connectivity index (χ0) is 27.8. The molecule has 204 valence electrons. The standard InChI is InChI=1S/C24H25BrF3N5O5/c1-23(2,3)38-22(36)30-17-11-15(37-24(26,27)28)4-5-16(17)20(34)32-8-6-14(7-9-32)33-18-10-13(25)12-29-19(18)31-21(33)35/h4-5,10-12,14H,6-9H2,1-3H3,(H,30,36)(H,29,31,35). The normalized spacial score (nSPS) is 15.0.